The number of phenolic OH excluding ortho intramolecular Hbond substituents is 1. The van der Waals surface area contributed by atoms with Crippen LogP contribution in [-0.2, 0) is 0 Å². The second-order valence-corrected chi connectivity index (χ2v) is 6.58. The van der Waals surface area contributed by atoms with Crippen molar-refractivity contribution in [3.05, 3.63) is 57.1 Å². The predicted octanol–water partition coefficient (Wildman–Crippen LogP) is 3.96. The van der Waals surface area contributed by atoms with Crippen molar-refractivity contribution in [2.45, 2.75) is 13.3 Å². The molecule has 0 atom stereocenters. The molecule has 0 saturated heterocycles. The number of fused-ring (bicyclic) bond motifs is 1. The van der Waals surface area contributed by atoms with Crippen LogP contribution in [-0.4, -0.2) is 34.3 Å². The molecule has 2 aromatic carbocycles. The summed E-state index contributed by atoms with van der Waals surface area (Å²) in [6.07, 6.45) is 0.654. The van der Waals surface area contributed by atoms with E-state index in [1.54, 1.807) is 0 Å². The maximum atomic E-state index is 12.4. The summed E-state index contributed by atoms with van der Waals surface area (Å²) in [7, 11) is 0. The van der Waals surface area contributed by atoms with E-state index in [1.807, 2.05) is 6.92 Å². The lowest BCUT2D eigenvalue weighted by Crippen LogP contribution is -2.30. The topological polar surface area (TPSA) is 86.7 Å². The van der Waals surface area contributed by atoms with Crippen LogP contribution in [0.25, 0.3) is 0 Å². The highest BCUT2D eigenvalue weighted by Gasteiger charge is 2.35. The van der Waals surface area contributed by atoms with Crippen LogP contribution < -0.4 is 5.32 Å². The van der Waals surface area contributed by atoms with Gasteiger partial charge >= 0.3 is 0 Å². The van der Waals surface area contributed by atoms with Crippen molar-refractivity contribution in [3.63, 3.8) is 0 Å². The lowest BCUT2D eigenvalue weighted by molar-refractivity contribution is 0.0654. The van der Waals surface area contributed by atoms with Crippen molar-refractivity contribution in [2.24, 2.45) is 0 Å². The Bertz CT molecular complexity index is 920. The minimum atomic E-state index is -0.500. The van der Waals surface area contributed by atoms with Gasteiger partial charge in [-0.15, -0.1) is 0 Å². The van der Waals surface area contributed by atoms with E-state index in [4.69, 9.17) is 23.2 Å². The number of phenols is 1. The average Bonchev–Trinajstić information content (AvgIpc) is 2.84. The summed E-state index contributed by atoms with van der Waals surface area (Å²) in [6.45, 7) is 2.20. The molecule has 0 spiro atoms. The molecule has 0 saturated carbocycles. The lowest BCUT2D eigenvalue weighted by atomic mass is 10.1. The second-order valence-electron chi connectivity index (χ2n) is 5.76. The van der Waals surface area contributed by atoms with Gasteiger partial charge in [-0.3, -0.25) is 19.3 Å². The Labute approximate surface area is 159 Å². The van der Waals surface area contributed by atoms with Gasteiger partial charge in [-0.05, 0) is 36.8 Å². The van der Waals surface area contributed by atoms with Gasteiger partial charge in [0.05, 0.1) is 21.2 Å². The number of imide groups is 1. The van der Waals surface area contributed by atoms with E-state index >= 15 is 0 Å². The third-order valence-electron chi connectivity index (χ3n) is 3.95. The maximum Gasteiger partial charge on any atom is 0.261 e. The van der Waals surface area contributed by atoms with Gasteiger partial charge in [0.1, 0.15) is 0 Å². The fraction of sp³-hybridized carbons (Fsp3) is 0.167. The van der Waals surface area contributed by atoms with E-state index in [1.165, 1.54) is 35.2 Å². The first kappa shape index (κ1) is 18.2. The molecule has 3 amide bonds. The number of halogens is 2. The van der Waals surface area contributed by atoms with Gasteiger partial charge in [0.25, 0.3) is 17.7 Å². The van der Waals surface area contributed by atoms with Crippen LogP contribution >= 0.6 is 23.2 Å². The summed E-state index contributed by atoms with van der Waals surface area (Å²) >= 11 is 11.7. The van der Waals surface area contributed by atoms with Gasteiger partial charge in [-0.2, -0.15) is 0 Å². The average molecular weight is 393 g/mol. The quantitative estimate of drug-likeness (QED) is 0.608. The molecule has 134 valence electrons. The van der Waals surface area contributed by atoms with E-state index in [2.05, 4.69) is 5.32 Å². The van der Waals surface area contributed by atoms with Crippen molar-refractivity contribution in [2.75, 3.05) is 11.9 Å². The highest BCUT2D eigenvalue weighted by molar-refractivity contribution is 6.37. The van der Waals surface area contributed by atoms with Gasteiger partial charge in [-0.1, -0.05) is 30.1 Å². The molecule has 0 aromatic heterocycles. The third-order valence-corrected chi connectivity index (χ3v) is 4.53. The molecular weight excluding hydrogens is 379 g/mol. The monoisotopic (exact) mass is 392 g/mol. The van der Waals surface area contributed by atoms with Crippen LogP contribution in [0.4, 0.5) is 5.69 Å². The molecule has 3 rings (SSSR count). The summed E-state index contributed by atoms with van der Waals surface area (Å²) in [5, 5.41) is 12.1. The molecule has 0 unspecified atom stereocenters. The standard InChI is InChI=1S/C18H14Cl2N2O4/c1-2-5-22-17(25)11-4-3-9(6-12(11)18(22)26)16(24)21-10-7-13(19)15(23)14(20)8-10/h3-4,6-8,23H,2,5H2,1H3,(H,21,24). The molecule has 1 heterocycles. The highest BCUT2D eigenvalue weighted by Crippen LogP contribution is 2.34. The van der Waals surface area contributed by atoms with Crippen LogP contribution in [0.5, 0.6) is 5.75 Å². The molecule has 0 aliphatic carbocycles. The summed E-state index contributed by atoms with van der Waals surface area (Å²) in [5.41, 5.74) is 0.996. The second kappa shape index (κ2) is 6.97. The van der Waals surface area contributed by atoms with Crippen LogP contribution in [0.15, 0.2) is 30.3 Å². The Morgan fingerprint density at radius 3 is 2.31 bits per heavy atom. The minimum Gasteiger partial charge on any atom is -0.505 e. The van der Waals surface area contributed by atoms with E-state index in [-0.39, 0.29) is 38.4 Å². The minimum absolute atomic E-state index is 0.00210. The molecule has 0 radical (unpaired) electrons. The summed E-state index contributed by atoms with van der Waals surface area (Å²) in [6, 6.07) is 7.04. The third kappa shape index (κ3) is 3.13. The van der Waals surface area contributed by atoms with Crippen molar-refractivity contribution in [1.29, 1.82) is 0 Å². The Kier molecular flexibility index (Phi) is 4.89. The van der Waals surface area contributed by atoms with Gasteiger partial charge < -0.3 is 10.4 Å². The molecule has 0 bridgehead atoms. The number of rotatable bonds is 4. The van der Waals surface area contributed by atoms with Crippen LogP contribution in [0.3, 0.4) is 0 Å². The van der Waals surface area contributed by atoms with Gasteiger partial charge in [0.2, 0.25) is 0 Å². The normalized spacial score (nSPS) is 13.1. The molecular formula is C18H14Cl2N2O4. The number of benzene rings is 2. The SMILES string of the molecule is CCCN1C(=O)c2ccc(C(=O)Nc3cc(Cl)c(O)c(Cl)c3)cc2C1=O. The molecule has 1 aliphatic rings. The smallest absolute Gasteiger partial charge is 0.261 e. The zero-order valence-corrected chi connectivity index (χ0v) is 15.2. The van der Waals surface area contributed by atoms with E-state index in [9.17, 15) is 19.5 Å². The van der Waals surface area contributed by atoms with Crippen molar-refractivity contribution >= 4 is 46.6 Å². The number of nitrogens with one attached hydrogen (secondary N) is 1. The maximum absolute atomic E-state index is 12.4. The molecule has 6 nitrogen and oxygen atoms in total. The van der Waals surface area contributed by atoms with Gasteiger partial charge in [0, 0.05) is 17.8 Å². The highest BCUT2D eigenvalue weighted by atomic mass is 35.5. The number of anilines is 1. The Morgan fingerprint density at radius 2 is 1.69 bits per heavy atom. The molecule has 8 heteroatoms. The van der Waals surface area contributed by atoms with Crippen LogP contribution in [0, 0.1) is 0 Å². The first-order chi connectivity index (χ1) is 12.3. The molecule has 2 aromatic rings. The molecule has 2 N–H and O–H groups in total. The molecule has 0 fully saturated rings. The number of amides is 3. The number of carbonyl (C=O) groups is 3. The number of carbonyl (C=O) groups excluding carboxylic acids is 3. The zero-order chi connectivity index (χ0) is 19.0. The predicted molar refractivity (Wildman–Crippen MR) is 98.2 cm³/mol. The van der Waals surface area contributed by atoms with E-state index in [0.29, 0.717) is 18.7 Å². The van der Waals surface area contributed by atoms with Crippen LogP contribution in [0.1, 0.15) is 44.4 Å². The van der Waals surface area contributed by atoms with Gasteiger partial charge in [-0.25, -0.2) is 0 Å². The number of aromatic hydroxyl groups is 1. The number of hydrogen-bond acceptors (Lipinski definition) is 4. The summed E-state index contributed by atoms with van der Waals surface area (Å²) < 4.78 is 0. The van der Waals surface area contributed by atoms with Crippen LogP contribution in [0.2, 0.25) is 10.0 Å². The Hall–Kier alpha value is -2.57. The number of nitrogens with zero attached hydrogens (tertiary/aromatic N) is 1. The number of hydrogen-bond donors (Lipinski definition) is 2. The Balaban J connectivity index is 1.87. The summed E-state index contributed by atoms with van der Waals surface area (Å²) in [5.74, 6) is -1.53. The van der Waals surface area contributed by atoms with Crippen molar-refractivity contribution in [3.8, 4) is 5.75 Å². The fourth-order valence-electron chi connectivity index (χ4n) is 2.70. The van der Waals surface area contributed by atoms with Gasteiger partial charge in [0.15, 0.2) is 5.75 Å². The first-order valence-corrected chi connectivity index (χ1v) is 8.58. The zero-order valence-electron chi connectivity index (χ0n) is 13.7. The van der Waals surface area contributed by atoms with E-state index in [0.717, 1.165) is 0 Å². The fourth-order valence-corrected chi connectivity index (χ4v) is 3.19. The van der Waals surface area contributed by atoms with Crippen molar-refractivity contribution in [1.82, 2.24) is 4.90 Å². The van der Waals surface area contributed by atoms with E-state index < -0.39 is 11.8 Å². The molecule has 1 aliphatic heterocycles. The first-order valence-electron chi connectivity index (χ1n) is 7.83. The van der Waals surface area contributed by atoms with Crippen molar-refractivity contribution < 1.29 is 19.5 Å². The largest absolute Gasteiger partial charge is 0.505 e. The summed E-state index contributed by atoms with van der Waals surface area (Å²) in [4.78, 5) is 38.2. The molecule has 26 heavy (non-hydrogen) atoms. The lowest BCUT2D eigenvalue weighted by Gasteiger charge is -2.11. The Morgan fingerprint density at radius 1 is 1.08 bits per heavy atom.